The maximum Gasteiger partial charge on any atom is 0.332 e. The van der Waals surface area contributed by atoms with Crippen LogP contribution in [0.1, 0.15) is 29.6 Å². The summed E-state index contributed by atoms with van der Waals surface area (Å²) in [6.07, 6.45) is 2.22. The van der Waals surface area contributed by atoms with Crippen molar-refractivity contribution >= 4 is 38.6 Å². The summed E-state index contributed by atoms with van der Waals surface area (Å²) >= 11 is 2.24. The minimum absolute atomic E-state index is 0.0438. The predicted octanol–water partition coefficient (Wildman–Crippen LogP) is 3.13. The van der Waals surface area contributed by atoms with Crippen LogP contribution in [0, 0.1) is 0 Å². The topological polar surface area (TPSA) is 51.2 Å². The third kappa shape index (κ3) is 4.71. The van der Waals surface area contributed by atoms with Crippen LogP contribution < -0.4 is 0 Å². The Morgan fingerprint density at radius 2 is 1.76 bits per heavy atom. The summed E-state index contributed by atoms with van der Waals surface area (Å²) in [5.74, 6) is -0.0438. The van der Waals surface area contributed by atoms with E-state index in [0.717, 1.165) is 29.4 Å². The van der Waals surface area contributed by atoms with Crippen LogP contribution in [0.5, 0.6) is 0 Å². The monoisotopic (exact) mass is 370 g/mol. The lowest BCUT2D eigenvalue weighted by Gasteiger charge is -2.01. The van der Waals surface area contributed by atoms with Crippen molar-refractivity contribution in [2.45, 2.75) is 24.2 Å². The zero-order valence-corrected chi connectivity index (χ0v) is 12.0. The van der Waals surface area contributed by atoms with Crippen molar-refractivity contribution in [1.29, 1.82) is 0 Å². The van der Waals surface area contributed by atoms with Crippen molar-refractivity contribution in [2.24, 2.45) is 0 Å². The van der Waals surface area contributed by atoms with Crippen molar-refractivity contribution in [2.75, 3.05) is 4.43 Å². The number of unbranched alkanes of at least 4 members (excludes halogenated alkanes) is 1. The molecule has 1 aromatic carbocycles. The lowest BCUT2D eigenvalue weighted by atomic mass is 10.1. The smallest absolute Gasteiger partial charge is 0.294 e. The van der Waals surface area contributed by atoms with E-state index >= 15 is 0 Å². The predicted molar refractivity (Wildman–Crippen MR) is 71.8 cm³/mol. The van der Waals surface area contributed by atoms with Crippen molar-refractivity contribution in [3.8, 4) is 0 Å². The summed E-state index contributed by atoms with van der Waals surface area (Å²) in [4.78, 5) is 11.2. The van der Waals surface area contributed by atoms with E-state index in [9.17, 15) is 17.1 Å². The number of rotatable bonds is 6. The lowest BCUT2D eigenvalue weighted by molar-refractivity contribution is 0.0980. The molecular weight excluding hydrogens is 358 g/mol. The van der Waals surface area contributed by atoms with Crippen LogP contribution in [0.2, 0.25) is 0 Å². The molecule has 0 aliphatic carbocycles. The quantitative estimate of drug-likeness (QED) is 0.254. The highest BCUT2D eigenvalue weighted by atomic mass is 127. The molecule has 1 aromatic rings. The molecule has 0 bridgehead atoms. The first-order chi connectivity index (χ1) is 7.95. The Morgan fingerprint density at radius 1 is 1.18 bits per heavy atom. The number of alkyl halides is 1. The Bertz CT molecular complexity index is 482. The number of Topliss-reactive ketones (excluding diaryl/α,β-unsaturated/α-hetero) is 1. The second-order valence-corrected chi connectivity index (χ2v) is 5.96. The van der Waals surface area contributed by atoms with Gasteiger partial charge in [0.05, 0.1) is 4.90 Å². The van der Waals surface area contributed by atoms with Crippen LogP contribution in [0.3, 0.4) is 0 Å². The first-order valence-electron chi connectivity index (χ1n) is 5.09. The van der Waals surface area contributed by atoms with E-state index < -0.39 is 15.1 Å². The van der Waals surface area contributed by atoms with Crippen LogP contribution >= 0.6 is 22.6 Å². The number of carbonyl (C=O) groups excluding carboxylic acids is 1. The van der Waals surface area contributed by atoms with Crippen LogP contribution in [-0.2, 0) is 10.2 Å². The maximum atomic E-state index is 12.6. The highest BCUT2D eigenvalue weighted by molar-refractivity contribution is 14.1. The molecule has 1 rings (SSSR count). The summed E-state index contributed by atoms with van der Waals surface area (Å²) < 4.78 is 34.7. The van der Waals surface area contributed by atoms with Gasteiger partial charge in [-0.1, -0.05) is 34.7 Å². The fraction of sp³-hybridized carbons (Fsp3) is 0.364. The van der Waals surface area contributed by atoms with E-state index in [1.165, 1.54) is 12.1 Å². The first-order valence-corrected chi connectivity index (χ1v) is 8.00. The highest BCUT2D eigenvalue weighted by Crippen LogP contribution is 2.15. The van der Waals surface area contributed by atoms with Gasteiger partial charge in [-0.2, -0.15) is 8.42 Å². The Kier molecular flexibility index (Phi) is 5.51. The average Bonchev–Trinajstić information content (AvgIpc) is 2.28. The van der Waals surface area contributed by atoms with Crippen LogP contribution in [-0.4, -0.2) is 18.6 Å². The number of ketones is 1. The Labute approximate surface area is 114 Å². The molecule has 0 unspecified atom stereocenters. The summed E-state index contributed by atoms with van der Waals surface area (Å²) in [5, 5.41) is 0. The van der Waals surface area contributed by atoms with E-state index in [-0.39, 0.29) is 5.78 Å². The largest absolute Gasteiger partial charge is 0.332 e. The molecule has 3 nitrogen and oxygen atoms in total. The first kappa shape index (κ1) is 14.6. The van der Waals surface area contributed by atoms with E-state index in [1.54, 1.807) is 0 Å². The number of hydrogen-bond acceptors (Lipinski definition) is 3. The zero-order valence-electron chi connectivity index (χ0n) is 9.03. The fourth-order valence-corrected chi connectivity index (χ4v) is 2.33. The Morgan fingerprint density at radius 3 is 2.24 bits per heavy atom. The van der Waals surface area contributed by atoms with Gasteiger partial charge in [-0.25, -0.2) is 0 Å². The van der Waals surface area contributed by atoms with Gasteiger partial charge in [0.1, 0.15) is 0 Å². The number of halogens is 2. The molecule has 6 heteroatoms. The molecule has 0 heterocycles. The van der Waals surface area contributed by atoms with Gasteiger partial charge in [-0.05, 0) is 29.4 Å². The summed E-state index contributed by atoms with van der Waals surface area (Å²) in [6, 6.07) is 4.92. The van der Waals surface area contributed by atoms with Crippen LogP contribution in [0.4, 0.5) is 3.89 Å². The third-order valence-electron chi connectivity index (χ3n) is 2.25. The van der Waals surface area contributed by atoms with Gasteiger partial charge in [0.15, 0.2) is 5.78 Å². The second-order valence-electron chi connectivity index (χ2n) is 3.53. The number of benzene rings is 1. The minimum Gasteiger partial charge on any atom is -0.294 e. The van der Waals surface area contributed by atoms with Gasteiger partial charge in [-0.15, -0.1) is 3.89 Å². The lowest BCUT2D eigenvalue weighted by Crippen LogP contribution is -2.00. The van der Waals surface area contributed by atoms with Crippen LogP contribution in [0.25, 0.3) is 0 Å². The number of hydrogen-bond donors (Lipinski definition) is 0. The molecule has 0 N–H and O–H groups in total. The van der Waals surface area contributed by atoms with Gasteiger partial charge < -0.3 is 0 Å². The minimum atomic E-state index is -4.68. The van der Waals surface area contributed by atoms with Crippen molar-refractivity contribution < 1.29 is 17.1 Å². The number of carbonyl (C=O) groups is 1. The fourth-order valence-electron chi connectivity index (χ4n) is 1.33. The third-order valence-corrected chi connectivity index (χ3v) is 3.84. The molecule has 17 heavy (non-hydrogen) atoms. The molecular formula is C11H12FIO3S. The van der Waals surface area contributed by atoms with E-state index in [0.29, 0.717) is 12.0 Å². The molecule has 0 saturated carbocycles. The zero-order chi connectivity index (χ0) is 12.9. The highest BCUT2D eigenvalue weighted by Gasteiger charge is 2.12. The molecule has 0 aromatic heterocycles. The molecule has 0 amide bonds. The van der Waals surface area contributed by atoms with Gasteiger partial charge in [-0.3, -0.25) is 4.79 Å². The standard InChI is InChI=1S/C11H12FIO3S/c12-17(15,16)10-6-4-9(5-7-10)11(14)3-1-2-8-13/h4-7H,1-3,8H2. The van der Waals surface area contributed by atoms with E-state index in [4.69, 9.17) is 0 Å². The summed E-state index contributed by atoms with van der Waals surface area (Å²) in [5.41, 5.74) is 0.422. The Hall–Kier alpha value is -0.500. The molecule has 0 fully saturated rings. The second kappa shape index (κ2) is 6.44. The summed E-state index contributed by atoms with van der Waals surface area (Å²) in [7, 11) is -4.68. The van der Waals surface area contributed by atoms with Gasteiger partial charge in [0.25, 0.3) is 0 Å². The SMILES string of the molecule is O=C(CCCCI)c1ccc(S(=O)(=O)F)cc1. The molecule has 0 radical (unpaired) electrons. The van der Waals surface area contributed by atoms with Crippen LogP contribution in [0.15, 0.2) is 29.2 Å². The average molecular weight is 370 g/mol. The molecule has 0 aliphatic heterocycles. The van der Waals surface area contributed by atoms with E-state index in [2.05, 4.69) is 22.6 Å². The maximum absolute atomic E-state index is 12.6. The Balaban J connectivity index is 2.71. The molecule has 0 spiro atoms. The summed E-state index contributed by atoms with van der Waals surface area (Å²) in [6.45, 7) is 0. The molecule has 0 saturated heterocycles. The van der Waals surface area contributed by atoms with Crippen molar-refractivity contribution in [3.63, 3.8) is 0 Å². The molecule has 94 valence electrons. The molecule has 0 aliphatic rings. The van der Waals surface area contributed by atoms with Gasteiger partial charge >= 0.3 is 10.2 Å². The van der Waals surface area contributed by atoms with Gasteiger partial charge in [0, 0.05) is 12.0 Å². The van der Waals surface area contributed by atoms with Gasteiger partial charge in [0.2, 0.25) is 0 Å². The molecule has 0 atom stereocenters. The van der Waals surface area contributed by atoms with Crippen molar-refractivity contribution in [1.82, 2.24) is 0 Å². The normalized spacial score (nSPS) is 11.4. The van der Waals surface area contributed by atoms with Crippen molar-refractivity contribution in [3.05, 3.63) is 29.8 Å². The van der Waals surface area contributed by atoms with E-state index in [1.807, 2.05) is 0 Å².